The highest BCUT2D eigenvalue weighted by atomic mass is 28.4. The number of hydrogen-bond donors (Lipinski definition) is 0. The van der Waals surface area contributed by atoms with Crippen LogP contribution in [0.4, 0.5) is 0 Å². The molecular weight excluding hydrogens is 497 g/mol. The van der Waals surface area contributed by atoms with E-state index >= 15 is 0 Å². The molecule has 4 unspecified atom stereocenters. The van der Waals surface area contributed by atoms with Crippen molar-refractivity contribution >= 4 is 28.1 Å². The zero-order valence-electron chi connectivity index (χ0n) is 25.4. The quantitative estimate of drug-likeness (QED) is 0.180. The molecule has 0 bridgehead atoms. The molecule has 0 aromatic rings. The van der Waals surface area contributed by atoms with E-state index in [1.807, 2.05) is 0 Å². The lowest BCUT2D eigenvalue weighted by atomic mass is 9.44. The fourth-order valence-corrected chi connectivity index (χ4v) is 10.8. The third-order valence-corrected chi connectivity index (χ3v) is 12.4. The van der Waals surface area contributed by atoms with Crippen molar-refractivity contribution in [2.24, 2.45) is 50.7 Å². The second-order valence-corrected chi connectivity index (χ2v) is 23.9. The Labute approximate surface area is 228 Å². The predicted molar refractivity (Wildman–Crippen MR) is 157 cm³/mol. The van der Waals surface area contributed by atoms with Gasteiger partial charge in [-0.1, -0.05) is 24.2 Å². The summed E-state index contributed by atoms with van der Waals surface area (Å²) in [4.78, 5) is 10.9. The Kier molecular flexibility index (Phi) is 8.46. The molecule has 6 nitrogen and oxygen atoms in total. The molecule has 4 fully saturated rings. The second-order valence-electron chi connectivity index (χ2n) is 14.9. The van der Waals surface area contributed by atoms with Gasteiger partial charge in [0, 0.05) is 17.9 Å². The van der Waals surface area contributed by atoms with Gasteiger partial charge < -0.3 is 18.5 Å². The Morgan fingerprint density at radius 1 is 0.892 bits per heavy atom. The average Bonchev–Trinajstić information content (AvgIpc) is 3.12. The number of hydrogen-bond acceptors (Lipinski definition) is 6. The Balaban J connectivity index is 1.61. The van der Waals surface area contributed by atoms with Crippen LogP contribution >= 0.6 is 0 Å². The largest absolute Gasteiger partial charge is 0.415 e. The van der Waals surface area contributed by atoms with Crippen LogP contribution in [0.1, 0.15) is 65.2 Å². The summed E-state index contributed by atoms with van der Waals surface area (Å²) >= 11 is 0. The van der Waals surface area contributed by atoms with Crippen molar-refractivity contribution in [3.05, 3.63) is 0 Å². The molecule has 212 valence electrons. The summed E-state index contributed by atoms with van der Waals surface area (Å²) in [5.74, 6) is 2.93. The minimum absolute atomic E-state index is 0.111. The van der Waals surface area contributed by atoms with Crippen molar-refractivity contribution in [2.45, 2.75) is 111 Å². The molecule has 0 N–H and O–H groups in total. The van der Waals surface area contributed by atoms with Crippen molar-refractivity contribution in [3.8, 4) is 0 Å². The van der Waals surface area contributed by atoms with Crippen LogP contribution in [-0.2, 0) is 18.5 Å². The minimum atomic E-state index is -1.66. The first-order chi connectivity index (χ1) is 17.2. The Hall–Kier alpha value is -0.706. The van der Waals surface area contributed by atoms with E-state index in [9.17, 15) is 0 Å². The maximum atomic E-state index is 6.63. The SMILES string of the molecule is CO/N=C(/CO[Si](C)(C)C)C1CCC2C3CC[C@@H]4C[C@H](O[Si](C)(C)C)CC[C@]4(C)C3/C(=N/OC)C[C@]12C. The summed E-state index contributed by atoms with van der Waals surface area (Å²) in [6.07, 6.45) is 10.1. The van der Waals surface area contributed by atoms with Crippen LogP contribution in [0.3, 0.4) is 0 Å². The fraction of sp³-hybridized carbons (Fsp3) is 0.931. The molecule has 8 heteroatoms. The molecule has 8 atom stereocenters. The number of rotatable bonds is 8. The third-order valence-electron chi connectivity index (χ3n) is 10.3. The number of oxime groups is 2. The summed E-state index contributed by atoms with van der Waals surface area (Å²) in [6, 6.07) is 0. The van der Waals surface area contributed by atoms with E-state index in [4.69, 9.17) is 23.7 Å². The van der Waals surface area contributed by atoms with Crippen LogP contribution in [0.2, 0.25) is 39.3 Å². The molecule has 4 aliphatic carbocycles. The number of nitrogens with zero attached hydrogens (tertiary/aromatic N) is 2. The first-order valence-corrected chi connectivity index (χ1v) is 21.5. The monoisotopic (exact) mass is 550 g/mol. The van der Waals surface area contributed by atoms with E-state index in [0.29, 0.717) is 42.3 Å². The maximum absolute atomic E-state index is 6.63. The zero-order chi connectivity index (χ0) is 27.2. The van der Waals surface area contributed by atoms with E-state index in [0.717, 1.165) is 18.6 Å². The van der Waals surface area contributed by atoms with E-state index < -0.39 is 16.6 Å². The van der Waals surface area contributed by atoms with Crippen LogP contribution in [0.25, 0.3) is 0 Å². The van der Waals surface area contributed by atoms with Crippen molar-refractivity contribution < 1.29 is 18.5 Å². The average molecular weight is 551 g/mol. The van der Waals surface area contributed by atoms with Crippen molar-refractivity contribution in [1.29, 1.82) is 0 Å². The van der Waals surface area contributed by atoms with Crippen LogP contribution in [0, 0.1) is 40.4 Å². The summed E-state index contributed by atoms with van der Waals surface area (Å²) in [6.45, 7) is 19.4. The van der Waals surface area contributed by atoms with Gasteiger partial charge >= 0.3 is 0 Å². The third kappa shape index (κ3) is 5.92. The van der Waals surface area contributed by atoms with Gasteiger partial charge in [0.15, 0.2) is 16.6 Å². The highest BCUT2D eigenvalue weighted by molar-refractivity contribution is 6.70. The van der Waals surface area contributed by atoms with Gasteiger partial charge in [-0.2, -0.15) is 0 Å². The lowest BCUT2D eigenvalue weighted by Crippen LogP contribution is -2.58. The zero-order valence-corrected chi connectivity index (χ0v) is 27.4. The summed E-state index contributed by atoms with van der Waals surface area (Å²) in [7, 11) is 0.203. The first-order valence-electron chi connectivity index (χ1n) is 14.7. The Morgan fingerprint density at radius 3 is 2.24 bits per heavy atom. The highest BCUT2D eigenvalue weighted by Crippen LogP contribution is 2.67. The molecule has 0 spiro atoms. The molecule has 4 saturated carbocycles. The lowest BCUT2D eigenvalue weighted by Gasteiger charge is -2.61. The molecule has 0 aromatic carbocycles. The van der Waals surface area contributed by atoms with Crippen LogP contribution in [-0.4, -0.2) is 55.0 Å². The second kappa shape index (κ2) is 10.7. The van der Waals surface area contributed by atoms with E-state index in [2.05, 4.69) is 58.3 Å². The van der Waals surface area contributed by atoms with E-state index in [1.165, 1.54) is 44.2 Å². The van der Waals surface area contributed by atoms with Crippen molar-refractivity contribution in [2.75, 3.05) is 20.8 Å². The molecule has 0 radical (unpaired) electrons. The summed E-state index contributed by atoms with van der Waals surface area (Å²) in [5.41, 5.74) is 2.79. The van der Waals surface area contributed by atoms with Gasteiger partial charge in [-0.3, -0.25) is 0 Å². The van der Waals surface area contributed by atoms with Crippen molar-refractivity contribution in [3.63, 3.8) is 0 Å². The molecule has 0 aromatic heterocycles. The van der Waals surface area contributed by atoms with Gasteiger partial charge in [-0.15, -0.1) is 0 Å². The smallest absolute Gasteiger partial charge is 0.184 e. The molecule has 4 rings (SSSR count). The maximum Gasteiger partial charge on any atom is 0.184 e. The van der Waals surface area contributed by atoms with E-state index in [-0.39, 0.29) is 10.8 Å². The fourth-order valence-electron chi connectivity index (χ4n) is 9.03. The Morgan fingerprint density at radius 2 is 1.62 bits per heavy atom. The van der Waals surface area contributed by atoms with Gasteiger partial charge in [0.25, 0.3) is 0 Å². The van der Waals surface area contributed by atoms with Gasteiger partial charge in [0.2, 0.25) is 0 Å². The molecular formula is C29H54N2O4Si2. The molecule has 0 saturated heterocycles. The van der Waals surface area contributed by atoms with Gasteiger partial charge in [-0.25, -0.2) is 0 Å². The van der Waals surface area contributed by atoms with Crippen LogP contribution in [0.5, 0.6) is 0 Å². The Bertz CT molecular complexity index is 882. The minimum Gasteiger partial charge on any atom is -0.415 e. The number of fused-ring (bicyclic) bond motifs is 5. The lowest BCUT2D eigenvalue weighted by molar-refractivity contribution is -0.0792. The highest BCUT2D eigenvalue weighted by Gasteiger charge is 2.63. The standard InChI is InChI=1S/C29H54N2O4Si2/c1-28-16-15-21(35-37(8,9)10)17-20(28)11-12-22-23-13-14-24(26(31-33-4)19-34-36(5,6)7)29(23,2)18-25(27(22)28)30-32-3/h20-24,27H,11-19H2,1-10H3/b30-25+,31-26-/t20-,21-,22?,23?,24?,27?,28+,29+/m1/s1. The summed E-state index contributed by atoms with van der Waals surface area (Å²) < 4.78 is 13.0. The molecule has 0 heterocycles. The van der Waals surface area contributed by atoms with Gasteiger partial charge in [-0.05, 0) is 119 Å². The molecule has 0 aliphatic heterocycles. The first kappa shape index (κ1) is 29.3. The molecule has 37 heavy (non-hydrogen) atoms. The summed E-state index contributed by atoms with van der Waals surface area (Å²) in [5, 5.41) is 9.38. The predicted octanol–water partition coefficient (Wildman–Crippen LogP) is 7.33. The van der Waals surface area contributed by atoms with E-state index in [1.54, 1.807) is 14.2 Å². The van der Waals surface area contributed by atoms with Crippen LogP contribution < -0.4 is 0 Å². The topological polar surface area (TPSA) is 61.6 Å². The normalized spacial score (nSPS) is 41.7. The van der Waals surface area contributed by atoms with Gasteiger partial charge in [0.1, 0.15) is 14.2 Å². The molecule has 0 amide bonds. The van der Waals surface area contributed by atoms with Crippen molar-refractivity contribution in [1.82, 2.24) is 0 Å². The molecule has 4 aliphatic rings. The van der Waals surface area contributed by atoms with Crippen LogP contribution in [0.15, 0.2) is 10.3 Å². The van der Waals surface area contributed by atoms with Gasteiger partial charge in [0.05, 0.1) is 18.0 Å².